The summed E-state index contributed by atoms with van der Waals surface area (Å²) in [6.45, 7) is 0.863. The van der Waals surface area contributed by atoms with Gasteiger partial charge in [0.25, 0.3) is 0 Å². The van der Waals surface area contributed by atoms with Crippen LogP contribution in [0.2, 0.25) is 5.02 Å². The van der Waals surface area contributed by atoms with Crippen LogP contribution in [0.15, 0.2) is 54.9 Å². The van der Waals surface area contributed by atoms with Gasteiger partial charge in [-0.2, -0.15) is 0 Å². The van der Waals surface area contributed by atoms with E-state index in [0.717, 1.165) is 23.0 Å². The van der Waals surface area contributed by atoms with Gasteiger partial charge in [-0.1, -0.05) is 23.7 Å². The van der Waals surface area contributed by atoms with Gasteiger partial charge in [0.05, 0.1) is 0 Å². The first kappa shape index (κ1) is 14.6. The Morgan fingerprint density at radius 2 is 2.14 bits per heavy atom. The minimum atomic E-state index is -0.0200. The molecule has 3 aromatic rings. The third kappa shape index (κ3) is 3.46. The van der Waals surface area contributed by atoms with Crippen molar-refractivity contribution in [2.24, 2.45) is 0 Å². The van der Waals surface area contributed by atoms with Crippen LogP contribution in [-0.4, -0.2) is 22.0 Å². The standard InChI is InChI=1S/C17H16ClN3O/c18-14-5-4-13-7-10-21(16(13)11-14)12-17(22)20-9-6-15-3-1-2-8-19-15/h1-5,7-8,10-11H,6,9,12H2,(H,20,22). The summed E-state index contributed by atoms with van der Waals surface area (Å²) in [4.78, 5) is 16.3. The van der Waals surface area contributed by atoms with E-state index >= 15 is 0 Å². The lowest BCUT2D eigenvalue weighted by Crippen LogP contribution is -2.29. The molecular formula is C17H16ClN3O. The van der Waals surface area contributed by atoms with Crippen LogP contribution in [-0.2, 0) is 17.8 Å². The maximum atomic E-state index is 12.0. The van der Waals surface area contributed by atoms with Crippen LogP contribution in [0, 0.1) is 0 Å². The number of hydrogen-bond donors (Lipinski definition) is 1. The van der Waals surface area contributed by atoms with Crippen molar-refractivity contribution in [2.45, 2.75) is 13.0 Å². The summed E-state index contributed by atoms with van der Waals surface area (Å²) in [5.41, 5.74) is 1.94. The van der Waals surface area contributed by atoms with E-state index in [1.165, 1.54) is 0 Å². The first-order chi connectivity index (χ1) is 10.7. The molecule has 1 N–H and O–H groups in total. The molecule has 3 rings (SSSR count). The fraction of sp³-hybridized carbons (Fsp3) is 0.176. The topological polar surface area (TPSA) is 46.9 Å². The molecule has 0 aliphatic heterocycles. The summed E-state index contributed by atoms with van der Waals surface area (Å²) >= 11 is 6.01. The number of halogens is 1. The monoisotopic (exact) mass is 313 g/mol. The second-order valence-electron chi connectivity index (χ2n) is 5.07. The fourth-order valence-corrected chi connectivity index (χ4v) is 2.55. The molecule has 0 spiro atoms. The third-order valence-corrected chi connectivity index (χ3v) is 3.71. The van der Waals surface area contributed by atoms with Gasteiger partial charge in [-0.05, 0) is 35.7 Å². The smallest absolute Gasteiger partial charge is 0.239 e. The summed E-state index contributed by atoms with van der Waals surface area (Å²) in [5.74, 6) is -0.0200. The number of hydrogen-bond acceptors (Lipinski definition) is 2. The first-order valence-corrected chi connectivity index (χ1v) is 7.51. The highest BCUT2D eigenvalue weighted by atomic mass is 35.5. The molecule has 1 aromatic carbocycles. The van der Waals surface area contributed by atoms with Crippen LogP contribution in [0.4, 0.5) is 0 Å². The Kier molecular flexibility index (Phi) is 4.39. The Hall–Kier alpha value is -2.33. The van der Waals surface area contributed by atoms with E-state index in [-0.39, 0.29) is 12.5 Å². The molecule has 0 aliphatic rings. The van der Waals surface area contributed by atoms with Crippen molar-refractivity contribution in [3.63, 3.8) is 0 Å². The number of benzene rings is 1. The number of amides is 1. The van der Waals surface area contributed by atoms with E-state index in [1.54, 1.807) is 6.20 Å². The fourth-order valence-electron chi connectivity index (χ4n) is 2.38. The van der Waals surface area contributed by atoms with E-state index in [9.17, 15) is 4.79 Å². The molecule has 4 nitrogen and oxygen atoms in total. The molecule has 0 saturated heterocycles. The van der Waals surface area contributed by atoms with Crippen LogP contribution < -0.4 is 5.32 Å². The zero-order valence-corrected chi connectivity index (χ0v) is 12.8. The quantitative estimate of drug-likeness (QED) is 0.787. The van der Waals surface area contributed by atoms with Gasteiger partial charge in [0.15, 0.2) is 0 Å². The van der Waals surface area contributed by atoms with Crippen molar-refractivity contribution < 1.29 is 4.79 Å². The first-order valence-electron chi connectivity index (χ1n) is 7.13. The number of nitrogens with zero attached hydrogens (tertiary/aromatic N) is 2. The van der Waals surface area contributed by atoms with E-state index in [4.69, 9.17) is 11.6 Å². The molecule has 0 atom stereocenters. The highest BCUT2D eigenvalue weighted by molar-refractivity contribution is 6.31. The molecular weight excluding hydrogens is 298 g/mol. The number of pyridine rings is 1. The third-order valence-electron chi connectivity index (χ3n) is 3.48. The van der Waals surface area contributed by atoms with Gasteiger partial charge < -0.3 is 9.88 Å². The number of carbonyl (C=O) groups excluding carboxylic acids is 1. The van der Waals surface area contributed by atoms with Crippen LogP contribution in [0.1, 0.15) is 5.69 Å². The molecule has 0 bridgehead atoms. The molecule has 0 radical (unpaired) electrons. The van der Waals surface area contributed by atoms with Crippen LogP contribution in [0.3, 0.4) is 0 Å². The molecule has 22 heavy (non-hydrogen) atoms. The van der Waals surface area contributed by atoms with Crippen LogP contribution >= 0.6 is 11.6 Å². The van der Waals surface area contributed by atoms with Crippen LogP contribution in [0.5, 0.6) is 0 Å². The Bertz CT molecular complexity index is 783. The SMILES string of the molecule is O=C(Cn1ccc2ccc(Cl)cc21)NCCc1ccccn1. The number of rotatable bonds is 5. The second kappa shape index (κ2) is 6.62. The van der Waals surface area contributed by atoms with Crippen molar-refractivity contribution in [3.8, 4) is 0 Å². The lowest BCUT2D eigenvalue weighted by atomic mass is 10.2. The molecule has 0 unspecified atom stereocenters. The van der Waals surface area contributed by atoms with Gasteiger partial charge in [-0.3, -0.25) is 9.78 Å². The number of nitrogens with one attached hydrogen (secondary N) is 1. The van der Waals surface area contributed by atoms with Crippen molar-refractivity contribution in [2.75, 3.05) is 6.54 Å². The molecule has 0 saturated carbocycles. The second-order valence-corrected chi connectivity index (χ2v) is 5.50. The Balaban J connectivity index is 1.58. The van der Waals surface area contributed by atoms with Crippen molar-refractivity contribution in [3.05, 3.63) is 65.6 Å². The lowest BCUT2D eigenvalue weighted by molar-refractivity contribution is -0.121. The molecule has 2 aromatic heterocycles. The van der Waals surface area contributed by atoms with Gasteiger partial charge in [0, 0.05) is 41.6 Å². The number of aromatic nitrogens is 2. The molecule has 112 valence electrons. The van der Waals surface area contributed by atoms with E-state index in [0.29, 0.717) is 11.6 Å². The Morgan fingerprint density at radius 3 is 2.95 bits per heavy atom. The van der Waals surface area contributed by atoms with Gasteiger partial charge in [-0.25, -0.2) is 0 Å². The highest BCUT2D eigenvalue weighted by Crippen LogP contribution is 2.20. The summed E-state index contributed by atoms with van der Waals surface area (Å²) in [7, 11) is 0. The summed E-state index contributed by atoms with van der Waals surface area (Å²) < 4.78 is 1.90. The Labute approximate surface area is 133 Å². The summed E-state index contributed by atoms with van der Waals surface area (Å²) in [6, 6.07) is 13.4. The van der Waals surface area contributed by atoms with E-state index in [1.807, 2.05) is 53.2 Å². The Morgan fingerprint density at radius 1 is 1.23 bits per heavy atom. The zero-order chi connectivity index (χ0) is 15.4. The zero-order valence-electron chi connectivity index (χ0n) is 12.0. The lowest BCUT2D eigenvalue weighted by Gasteiger charge is -2.07. The minimum absolute atomic E-state index is 0.0200. The average Bonchev–Trinajstić information content (AvgIpc) is 2.90. The summed E-state index contributed by atoms with van der Waals surface area (Å²) in [6.07, 6.45) is 4.39. The van der Waals surface area contributed by atoms with Crippen LogP contribution in [0.25, 0.3) is 10.9 Å². The molecule has 0 fully saturated rings. The van der Waals surface area contributed by atoms with Gasteiger partial charge in [0.2, 0.25) is 5.91 Å². The predicted molar refractivity (Wildman–Crippen MR) is 87.9 cm³/mol. The largest absolute Gasteiger partial charge is 0.354 e. The van der Waals surface area contributed by atoms with Crippen molar-refractivity contribution in [1.29, 1.82) is 0 Å². The van der Waals surface area contributed by atoms with Gasteiger partial charge >= 0.3 is 0 Å². The number of fused-ring (bicyclic) bond motifs is 1. The van der Waals surface area contributed by atoms with Gasteiger partial charge in [0.1, 0.15) is 6.54 Å². The van der Waals surface area contributed by atoms with Crippen molar-refractivity contribution in [1.82, 2.24) is 14.9 Å². The minimum Gasteiger partial charge on any atom is -0.354 e. The maximum absolute atomic E-state index is 12.0. The molecule has 5 heteroatoms. The van der Waals surface area contributed by atoms with E-state index in [2.05, 4.69) is 10.3 Å². The molecule has 2 heterocycles. The van der Waals surface area contributed by atoms with Crippen molar-refractivity contribution >= 4 is 28.4 Å². The van der Waals surface area contributed by atoms with Gasteiger partial charge in [-0.15, -0.1) is 0 Å². The predicted octanol–water partition coefficient (Wildman–Crippen LogP) is 3.05. The maximum Gasteiger partial charge on any atom is 0.239 e. The summed E-state index contributed by atoms with van der Waals surface area (Å²) in [5, 5.41) is 4.66. The number of carbonyl (C=O) groups is 1. The molecule has 1 amide bonds. The molecule has 0 aliphatic carbocycles. The average molecular weight is 314 g/mol. The van der Waals surface area contributed by atoms with E-state index < -0.39 is 0 Å². The highest BCUT2D eigenvalue weighted by Gasteiger charge is 2.06. The normalized spacial score (nSPS) is 10.8.